The molecule has 2 heterocycles. The summed E-state index contributed by atoms with van der Waals surface area (Å²) < 4.78 is 18.2. The maximum atomic E-state index is 12.9. The lowest BCUT2D eigenvalue weighted by molar-refractivity contribution is 0.415. The topological polar surface area (TPSA) is 58.2 Å². The lowest BCUT2D eigenvalue weighted by Gasteiger charge is -2.21. The molecule has 1 aromatic heterocycles. The third kappa shape index (κ3) is 3.44. The summed E-state index contributed by atoms with van der Waals surface area (Å²) >= 11 is 6.20. The summed E-state index contributed by atoms with van der Waals surface area (Å²) in [5, 5.41) is 1.13. The van der Waals surface area contributed by atoms with E-state index >= 15 is 0 Å². The first kappa shape index (κ1) is 17.4. The van der Waals surface area contributed by atoms with Crippen molar-refractivity contribution in [1.82, 2.24) is 9.97 Å². The Labute approximate surface area is 159 Å². The Hall–Kier alpha value is -2.05. The molecule has 0 amide bonds. The first-order valence-electron chi connectivity index (χ1n) is 8.59. The molecule has 0 saturated carbocycles. The first-order valence-corrected chi connectivity index (χ1v) is 10.3. The van der Waals surface area contributed by atoms with Gasteiger partial charge in [-0.25, -0.2) is 4.98 Å². The van der Waals surface area contributed by atoms with Crippen molar-refractivity contribution in [3.05, 3.63) is 47.0 Å². The standard InChI is InChI=1S/C19H20ClN3O2S/c1-25-15-5-6-16-17(11-15)22-19(21-16)26(24)12-13-10-14(20)4-7-18(13)23-8-2-3-9-23/h4-7,10-11H,2-3,8-9,12H2,1H3,(H,21,22). The summed E-state index contributed by atoms with van der Waals surface area (Å²) in [6.07, 6.45) is 2.38. The molecule has 0 spiro atoms. The number of halogens is 1. The van der Waals surface area contributed by atoms with Crippen LogP contribution in [0.4, 0.5) is 5.69 Å². The van der Waals surface area contributed by atoms with E-state index in [0.717, 1.165) is 41.1 Å². The lowest BCUT2D eigenvalue weighted by atomic mass is 10.2. The number of hydrogen-bond acceptors (Lipinski definition) is 4. The second-order valence-electron chi connectivity index (χ2n) is 6.38. The number of anilines is 1. The number of nitrogens with zero attached hydrogens (tertiary/aromatic N) is 2. The predicted molar refractivity (Wildman–Crippen MR) is 106 cm³/mol. The van der Waals surface area contributed by atoms with E-state index < -0.39 is 10.8 Å². The second-order valence-corrected chi connectivity index (χ2v) is 8.18. The average molecular weight is 390 g/mol. The molecule has 0 aliphatic carbocycles. The molecular weight excluding hydrogens is 370 g/mol. The molecule has 1 saturated heterocycles. The van der Waals surface area contributed by atoms with Gasteiger partial charge in [0.25, 0.3) is 0 Å². The highest BCUT2D eigenvalue weighted by Crippen LogP contribution is 2.29. The summed E-state index contributed by atoms with van der Waals surface area (Å²) in [6.45, 7) is 2.07. The summed E-state index contributed by atoms with van der Waals surface area (Å²) in [7, 11) is 0.334. The van der Waals surface area contributed by atoms with Crippen LogP contribution in [0.3, 0.4) is 0 Å². The molecule has 1 fully saturated rings. The van der Waals surface area contributed by atoms with Crippen molar-refractivity contribution in [1.29, 1.82) is 0 Å². The Balaban J connectivity index is 1.62. The maximum Gasteiger partial charge on any atom is 0.197 e. The predicted octanol–water partition coefficient (Wildman–Crippen LogP) is 4.13. The number of aromatic amines is 1. The minimum atomic E-state index is -1.29. The Morgan fingerprint density at radius 2 is 2.04 bits per heavy atom. The molecule has 1 N–H and O–H groups in total. The molecule has 0 radical (unpaired) electrons. The van der Waals surface area contributed by atoms with Crippen molar-refractivity contribution in [2.75, 3.05) is 25.1 Å². The number of rotatable bonds is 5. The zero-order valence-electron chi connectivity index (χ0n) is 14.5. The smallest absolute Gasteiger partial charge is 0.197 e. The number of ether oxygens (including phenoxy) is 1. The average Bonchev–Trinajstić information content (AvgIpc) is 3.30. The quantitative estimate of drug-likeness (QED) is 0.712. The molecule has 4 rings (SSSR count). The van der Waals surface area contributed by atoms with Crippen LogP contribution >= 0.6 is 11.6 Å². The van der Waals surface area contributed by atoms with E-state index in [2.05, 4.69) is 14.9 Å². The molecule has 136 valence electrons. The van der Waals surface area contributed by atoms with Gasteiger partial charge in [0.1, 0.15) is 5.75 Å². The van der Waals surface area contributed by atoms with Gasteiger partial charge in [-0.15, -0.1) is 0 Å². The molecule has 1 aliphatic heterocycles. The number of H-pyrrole nitrogens is 1. The van der Waals surface area contributed by atoms with Gasteiger partial charge in [0.2, 0.25) is 0 Å². The van der Waals surface area contributed by atoms with Gasteiger partial charge >= 0.3 is 0 Å². The number of aromatic nitrogens is 2. The molecule has 3 aromatic rings. The zero-order chi connectivity index (χ0) is 18.1. The van der Waals surface area contributed by atoms with Gasteiger partial charge in [-0.1, -0.05) is 11.6 Å². The van der Waals surface area contributed by atoms with E-state index in [9.17, 15) is 4.21 Å². The zero-order valence-corrected chi connectivity index (χ0v) is 16.1. The normalized spacial score (nSPS) is 15.5. The molecule has 7 heteroatoms. The molecular formula is C19H20ClN3O2S. The van der Waals surface area contributed by atoms with Crippen molar-refractivity contribution in [3.8, 4) is 5.75 Å². The minimum Gasteiger partial charge on any atom is -0.497 e. The van der Waals surface area contributed by atoms with Crippen LogP contribution in [0, 0.1) is 0 Å². The first-order chi connectivity index (χ1) is 12.6. The molecule has 1 aliphatic rings. The van der Waals surface area contributed by atoms with Crippen molar-refractivity contribution >= 4 is 39.1 Å². The highest BCUT2D eigenvalue weighted by Gasteiger charge is 2.19. The summed E-state index contributed by atoms with van der Waals surface area (Å²) in [5.41, 5.74) is 3.72. The summed E-state index contributed by atoms with van der Waals surface area (Å²) in [5.74, 6) is 1.12. The van der Waals surface area contributed by atoms with Gasteiger partial charge in [-0.3, -0.25) is 4.21 Å². The highest BCUT2D eigenvalue weighted by atomic mass is 35.5. The van der Waals surface area contributed by atoms with Crippen molar-refractivity contribution in [2.45, 2.75) is 23.8 Å². The van der Waals surface area contributed by atoms with Crippen LogP contribution in [0.2, 0.25) is 5.02 Å². The van der Waals surface area contributed by atoms with E-state index in [1.165, 1.54) is 12.8 Å². The van der Waals surface area contributed by atoms with E-state index in [1.54, 1.807) is 7.11 Å². The third-order valence-corrected chi connectivity index (χ3v) is 6.09. The van der Waals surface area contributed by atoms with Crippen molar-refractivity contribution < 1.29 is 8.95 Å². The minimum absolute atomic E-state index is 0.378. The van der Waals surface area contributed by atoms with Crippen LogP contribution in [-0.2, 0) is 16.6 Å². The Kier molecular flexibility index (Phi) is 4.87. The molecule has 5 nitrogen and oxygen atoms in total. The van der Waals surface area contributed by atoms with Crippen LogP contribution in [0.1, 0.15) is 18.4 Å². The van der Waals surface area contributed by atoms with E-state index in [-0.39, 0.29) is 0 Å². The van der Waals surface area contributed by atoms with E-state index in [0.29, 0.717) is 15.9 Å². The van der Waals surface area contributed by atoms with Gasteiger partial charge in [0, 0.05) is 29.9 Å². The molecule has 0 bridgehead atoms. The van der Waals surface area contributed by atoms with E-state index in [4.69, 9.17) is 16.3 Å². The number of fused-ring (bicyclic) bond motifs is 1. The number of methoxy groups -OCH3 is 1. The fourth-order valence-corrected chi connectivity index (χ4v) is 4.61. The lowest BCUT2D eigenvalue weighted by Crippen LogP contribution is -2.19. The molecule has 2 aromatic carbocycles. The van der Waals surface area contributed by atoms with Gasteiger partial charge < -0.3 is 14.6 Å². The Morgan fingerprint density at radius 3 is 2.81 bits per heavy atom. The van der Waals surface area contributed by atoms with Crippen LogP contribution in [0.15, 0.2) is 41.6 Å². The largest absolute Gasteiger partial charge is 0.497 e. The fraction of sp³-hybridized carbons (Fsp3) is 0.316. The van der Waals surface area contributed by atoms with Crippen LogP contribution in [-0.4, -0.2) is 34.4 Å². The monoisotopic (exact) mass is 389 g/mol. The van der Waals surface area contributed by atoms with Crippen LogP contribution in [0.25, 0.3) is 11.0 Å². The van der Waals surface area contributed by atoms with Gasteiger partial charge in [-0.05, 0) is 48.7 Å². The summed E-state index contributed by atoms with van der Waals surface area (Å²) in [4.78, 5) is 9.97. The molecule has 1 unspecified atom stereocenters. The van der Waals surface area contributed by atoms with Crippen LogP contribution in [0.5, 0.6) is 5.75 Å². The second kappa shape index (κ2) is 7.29. The Morgan fingerprint density at radius 1 is 1.23 bits per heavy atom. The number of benzene rings is 2. The van der Waals surface area contributed by atoms with Crippen molar-refractivity contribution in [2.24, 2.45) is 0 Å². The fourth-order valence-electron chi connectivity index (χ4n) is 3.35. The van der Waals surface area contributed by atoms with Crippen LogP contribution < -0.4 is 9.64 Å². The molecule has 26 heavy (non-hydrogen) atoms. The SMILES string of the molecule is COc1ccc2nc(S(=O)Cc3cc(Cl)ccc3N3CCCC3)[nH]c2c1. The van der Waals surface area contributed by atoms with Gasteiger partial charge in [0.05, 0.1) is 34.7 Å². The van der Waals surface area contributed by atoms with Crippen molar-refractivity contribution in [3.63, 3.8) is 0 Å². The molecule has 1 atom stereocenters. The maximum absolute atomic E-state index is 12.9. The number of hydrogen-bond donors (Lipinski definition) is 1. The van der Waals surface area contributed by atoms with Gasteiger partial charge in [-0.2, -0.15) is 0 Å². The number of nitrogens with one attached hydrogen (secondary N) is 1. The van der Waals surface area contributed by atoms with Gasteiger partial charge in [0.15, 0.2) is 5.16 Å². The number of imidazole rings is 1. The third-order valence-electron chi connectivity index (χ3n) is 4.66. The van der Waals surface area contributed by atoms with E-state index in [1.807, 2.05) is 36.4 Å². The Bertz CT molecular complexity index is 967. The highest BCUT2D eigenvalue weighted by molar-refractivity contribution is 7.84. The summed E-state index contributed by atoms with van der Waals surface area (Å²) in [6, 6.07) is 11.4.